The van der Waals surface area contributed by atoms with Crippen LogP contribution in [0.1, 0.15) is 27.7 Å². The second-order valence-electron chi connectivity index (χ2n) is 6.53. The number of halogens is 1. The van der Waals surface area contributed by atoms with Gasteiger partial charge in [0.25, 0.3) is 0 Å². The molecular weight excluding hydrogens is 338 g/mol. The van der Waals surface area contributed by atoms with Gasteiger partial charge >= 0.3 is 0 Å². The fraction of sp³-hybridized carbons (Fsp3) is 0.571. The van der Waals surface area contributed by atoms with E-state index in [2.05, 4.69) is 36.2 Å². The fourth-order valence-electron chi connectivity index (χ4n) is 2.05. The van der Waals surface area contributed by atoms with E-state index in [0.717, 1.165) is 0 Å². The first-order valence-corrected chi connectivity index (χ1v) is 9.33. The van der Waals surface area contributed by atoms with Crippen molar-refractivity contribution >= 4 is 27.3 Å². The largest absolute Gasteiger partial charge is 0.367 e. The Balaban J connectivity index is 2.56. The molecule has 0 aliphatic rings. The Morgan fingerprint density at radius 3 is 2.48 bits per heavy atom. The molecule has 0 saturated carbocycles. The van der Waals surface area contributed by atoms with Crippen LogP contribution in [0, 0.1) is 5.41 Å². The lowest BCUT2D eigenvalue weighted by Crippen LogP contribution is -2.21. The molecule has 128 valence electrons. The number of imidazole rings is 1. The minimum Gasteiger partial charge on any atom is -0.367 e. The van der Waals surface area contributed by atoms with Gasteiger partial charge in [-0.3, -0.25) is 0 Å². The first kappa shape index (κ1) is 17.8. The van der Waals surface area contributed by atoms with Crippen molar-refractivity contribution in [3.63, 3.8) is 0 Å². The standard InChI is InChI=1S/C14H22ClN5O2S/c1-6-23(21,22)12-11(16-9-14(2,3)4)17-13(19(12)5)20-8-7-10(15)18-20/h7-8,16H,6,9H2,1-5H3. The first-order valence-electron chi connectivity index (χ1n) is 7.30. The summed E-state index contributed by atoms with van der Waals surface area (Å²) in [5.41, 5.74) is -0.0139. The highest BCUT2D eigenvalue weighted by Gasteiger charge is 2.27. The summed E-state index contributed by atoms with van der Waals surface area (Å²) in [5, 5.41) is 7.71. The molecule has 0 aliphatic carbocycles. The molecule has 9 heteroatoms. The highest BCUT2D eigenvalue weighted by molar-refractivity contribution is 7.91. The Kier molecular flexibility index (Phi) is 4.77. The molecule has 0 spiro atoms. The van der Waals surface area contributed by atoms with Crippen LogP contribution in [0.3, 0.4) is 0 Å². The predicted octanol–water partition coefficient (Wildman–Crippen LogP) is 2.51. The van der Waals surface area contributed by atoms with Crippen LogP contribution in [0.15, 0.2) is 17.3 Å². The zero-order valence-electron chi connectivity index (χ0n) is 14.0. The van der Waals surface area contributed by atoms with Gasteiger partial charge in [0.05, 0.1) is 5.75 Å². The number of sulfone groups is 1. The maximum absolute atomic E-state index is 12.5. The summed E-state index contributed by atoms with van der Waals surface area (Å²) in [4.78, 5) is 4.43. The molecule has 23 heavy (non-hydrogen) atoms. The normalized spacial score (nSPS) is 12.6. The molecule has 2 aromatic rings. The van der Waals surface area contributed by atoms with Gasteiger partial charge in [0.15, 0.2) is 25.8 Å². The van der Waals surface area contributed by atoms with E-state index in [0.29, 0.717) is 23.5 Å². The number of hydrogen-bond acceptors (Lipinski definition) is 5. The zero-order chi connectivity index (χ0) is 17.4. The highest BCUT2D eigenvalue weighted by atomic mass is 35.5. The van der Waals surface area contributed by atoms with Crippen molar-refractivity contribution in [2.24, 2.45) is 12.5 Å². The van der Waals surface area contributed by atoms with Gasteiger partial charge < -0.3 is 9.88 Å². The highest BCUT2D eigenvalue weighted by Crippen LogP contribution is 2.26. The van der Waals surface area contributed by atoms with E-state index in [4.69, 9.17) is 11.6 Å². The number of rotatable bonds is 5. The van der Waals surface area contributed by atoms with E-state index in [-0.39, 0.29) is 16.2 Å². The quantitative estimate of drug-likeness (QED) is 0.887. The van der Waals surface area contributed by atoms with E-state index in [9.17, 15) is 8.42 Å². The van der Waals surface area contributed by atoms with Gasteiger partial charge in [-0.05, 0) is 11.5 Å². The Bertz CT molecular complexity index is 802. The molecular formula is C14H22ClN5O2S. The number of anilines is 1. The van der Waals surface area contributed by atoms with Crippen LogP contribution in [0.5, 0.6) is 0 Å². The molecule has 2 rings (SSSR count). The van der Waals surface area contributed by atoms with Crippen molar-refractivity contribution in [2.75, 3.05) is 17.6 Å². The van der Waals surface area contributed by atoms with E-state index in [1.54, 1.807) is 26.2 Å². The van der Waals surface area contributed by atoms with Crippen LogP contribution < -0.4 is 5.32 Å². The maximum atomic E-state index is 12.5. The smallest absolute Gasteiger partial charge is 0.233 e. The third kappa shape index (κ3) is 3.87. The number of nitrogens with zero attached hydrogens (tertiary/aromatic N) is 4. The molecule has 2 aromatic heterocycles. The molecule has 0 saturated heterocycles. The average molecular weight is 360 g/mol. The molecule has 0 amide bonds. The van der Waals surface area contributed by atoms with Crippen molar-refractivity contribution in [2.45, 2.75) is 32.7 Å². The second kappa shape index (κ2) is 6.16. The lowest BCUT2D eigenvalue weighted by atomic mass is 9.97. The topological polar surface area (TPSA) is 81.8 Å². The molecule has 7 nitrogen and oxygen atoms in total. The summed E-state index contributed by atoms with van der Waals surface area (Å²) in [5.74, 6) is 0.724. The van der Waals surface area contributed by atoms with Gasteiger partial charge in [-0.2, -0.15) is 10.1 Å². The number of nitrogens with one attached hydrogen (secondary N) is 1. The van der Waals surface area contributed by atoms with Gasteiger partial charge in [0.1, 0.15) is 0 Å². The molecule has 0 radical (unpaired) electrons. The predicted molar refractivity (Wildman–Crippen MR) is 91.0 cm³/mol. The average Bonchev–Trinajstić information content (AvgIpc) is 2.99. The molecule has 0 aliphatic heterocycles. The first-order chi connectivity index (χ1) is 10.5. The fourth-order valence-corrected chi connectivity index (χ4v) is 3.37. The summed E-state index contributed by atoms with van der Waals surface area (Å²) in [6, 6.07) is 1.62. The summed E-state index contributed by atoms with van der Waals surface area (Å²) in [7, 11) is -1.79. The van der Waals surface area contributed by atoms with Crippen molar-refractivity contribution in [3.05, 3.63) is 17.4 Å². The van der Waals surface area contributed by atoms with E-state index in [1.807, 2.05) is 0 Å². The second-order valence-corrected chi connectivity index (χ2v) is 9.11. The summed E-state index contributed by atoms with van der Waals surface area (Å²) in [6.07, 6.45) is 1.64. The zero-order valence-corrected chi connectivity index (χ0v) is 15.5. The molecule has 2 heterocycles. The maximum Gasteiger partial charge on any atom is 0.233 e. The van der Waals surface area contributed by atoms with Crippen LogP contribution in [0.4, 0.5) is 5.82 Å². The van der Waals surface area contributed by atoms with Crippen molar-refractivity contribution < 1.29 is 8.42 Å². The van der Waals surface area contributed by atoms with Gasteiger partial charge in [0.2, 0.25) is 5.95 Å². The summed E-state index contributed by atoms with van der Waals surface area (Å²) < 4.78 is 27.9. The van der Waals surface area contributed by atoms with Crippen molar-refractivity contribution in [1.29, 1.82) is 0 Å². The van der Waals surface area contributed by atoms with Crippen LogP contribution in [-0.4, -0.2) is 40.0 Å². The minimum absolute atomic E-state index is 0.00393. The number of aromatic nitrogens is 4. The van der Waals surface area contributed by atoms with Crippen molar-refractivity contribution in [1.82, 2.24) is 19.3 Å². The third-order valence-corrected chi connectivity index (χ3v) is 5.26. The molecule has 0 atom stereocenters. The molecule has 1 N–H and O–H groups in total. The molecule has 0 unspecified atom stereocenters. The van der Waals surface area contributed by atoms with Crippen LogP contribution in [-0.2, 0) is 16.9 Å². The van der Waals surface area contributed by atoms with E-state index < -0.39 is 9.84 Å². The van der Waals surface area contributed by atoms with E-state index >= 15 is 0 Å². The summed E-state index contributed by atoms with van der Waals surface area (Å²) >= 11 is 5.84. The van der Waals surface area contributed by atoms with E-state index in [1.165, 1.54) is 9.25 Å². The lowest BCUT2D eigenvalue weighted by Gasteiger charge is -2.19. The number of hydrogen-bond donors (Lipinski definition) is 1. The SMILES string of the molecule is CCS(=O)(=O)c1c(NCC(C)(C)C)nc(-n2ccc(Cl)n2)n1C. The monoisotopic (exact) mass is 359 g/mol. The van der Waals surface area contributed by atoms with Crippen LogP contribution >= 0.6 is 11.6 Å². The van der Waals surface area contributed by atoms with Gasteiger partial charge in [-0.1, -0.05) is 39.3 Å². The van der Waals surface area contributed by atoms with Crippen LogP contribution in [0.25, 0.3) is 5.95 Å². The van der Waals surface area contributed by atoms with Crippen LogP contribution in [0.2, 0.25) is 5.15 Å². The Labute approximate surface area is 141 Å². The Morgan fingerprint density at radius 2 is 2.00 bits per heavy atom. The Morgan fingerprint density at radius 1 is 1.35 bits per heavy atom. The van der Waals surface area contributed by atoms with Gasteiger partial charge in [-0.25, -0.2) is 13.1 Å². The summed E-state index contributed by atoms with van der Waals surface area (Å²) in [6.45, 7) is 8.39. The molecule has 0 aromatic carbocycles. The molecule has 0 fully saturated rings. The third-order valence-electron chi connectivity index (χ3n) is 3.24. The lowest BCUT2D eigenvalue weighted by molar-refractivity contribution is 0.442. The minimum atomic E-state index is -3.44. The molecule has 0 bridgehead atoms. The van der Waals surface area contributed by atoms with Crippen molar-refractivity contribution in [3.8, 4) is 5.95 Å². The van der Waals surface area contributed by atoms with Gasteiger partial charge in [-0.15, -0.1) is 0 Å². The van der Waals surface area contributed by atoms with Gasteiger partial charge in [0, 0.05) is 19.8 Å². The Hall–Kier alpha value is -1.54.